The van der Waals surface area contributed by atoms with E-state index >= 15 is 0 Å². The Hall–Kier alpha value is -1.39. The molecule has 0 unspecified atom stereocenters. The van der Waals surface area contributed by atoms with E-state index in [1.165, 1.54) is 0 Å². The molecular weight excluding hydrogens is 250 g/mol. The van der Waals surface area contributed by atoms with Crippen molar-refractivity contribution in [1.82, 2.24) is 10.2 Å². The molecule has 2 bridgehead atoms. The monoisotopic (exact) mass is 274 g/mol. The van der Waals surface area contributed by atoms with Crippen LogP contribution in [0.5, 0.6) is 0 Å². The predicted molar refractivity (Wildman–Crippen MR) is 79.1 cm³/mol. The molecule has 0 aliphatic carbocycles. The first-order chi connectivity index (χ1) is 9.70. The molecule has 0 radical (unpaired) electrons. The summed E-state index contributed by atoms with van der Waals surface area (Å²) < 4.78 is 0.983. The molecule has 3 fully saturated rings. The first kappa shape index (κ1) is 13.6. The largest absolute Gasteiger partial charge is 0.347 e. The van der Waals surface area contributed by atoms with Crippen LogP contribution in [0.1, 0.15) is 12.5 Å². The molecule has 4 nitrogen and oxygen atoms in total. The fourth-order valence-corrected chi connectivity index (χ4v) is 3.45. The number of rotatable bonds is 4. The minimum Gasteiger partial charge on any atom is -0.347 e. The Morgan fingerprint density at radius 2 is 1.80 bits per heavy atom. The van der Waals surface area contributed by atoms with Gasteiger partial charge in [0.05, 0.1) is 19.6 Å². The van der Waals surface area contributed by atoms with Crippen LogP contribution in [-0.2, 0) is 11.3 Å². The van der Waals surface area contributed by atoms with E-state index < -0.39 is 0 Å². The third-order valence-corrected chi connectivity index (χ3v) is 5.10. The highest BCUT2D eigenvalue weighted by Crippen LogP contribution is 2.23. The molecular formula is C16H24N3O+. The van der Waals surface area contributed by atoms with E-state index in [9.17, 15) is 4.79 Å². The van der Waals surface area contributed by atoms with Gasteiger partial charge in [0.1, 0.15) is 0 Å². The second-order valence-corrected chi connectivity index (χ2v) is 6.11. The number of amides is 1. The number of carbonyl (C=O) groups excluding carboxylic acids is 1. The van der Waals surface area contributed by atoms with Crippen molar-refractivity contribution in [2.75, 3.05) is 39.3 Å². The van der Waals surface area contributed by atoms with E-state index in [2.05, 4.69) is 29.3 Å². The van der Waals surface area contributed by atoms with Gasteiger partial charge >= 0.3 is 0 Å². The Labute approximate surface area is 121 Å². The van der Waals surface area contributed by atoms with E-state index in [0.717, 1.165) is 49.3 Å². The third-order valence-electron chi connectivity index (χ3n) is 5.10. The van der Waals surface area contributed by atoms with Crippen molar-refractivity contribution >= 4 is 5.91 Å². The van der Waals surface area contributed by atoms with Gasteiger partial charge in [-0.05, 0) is 12.5 Å². The fraction of sp³-hybridized carbons (Fsp3) is 0.562. The molecule has 3 heterocycles. The van der Waals surface area contributed by atoms with Crippen LogP contribution in [-0.4, -0.2) is 60.6 Å². The fourth-order valence-electron chi connectivity index (χ4n) is 3.45. The molecule has 4 heteroatoms. The van der Waals surface area contributed by atoms with Crippen molar-refractivity contribution in [3.8, 4) is 0 Å². The van der Waals surface area contributed by atoms with Crippen LogP contribution in [0.2, 0.25) is 0 Å². The average molecular weight is 274 g/mol. The molecule has 1 aromatic carbocycles. The summed E-state index contributed by atoms with van der Waals surface area (Å²) in [5.41, 5.74) is 1.16. The van der Waals surface area contributed by atoms with Crippen molar-refractivity contribution in [2.45, 2.75) is 19.5 Å². The van der Waals surface area contributed by atoms with E-state index in [1.807, 2.05) is 18.2 Å². The summed E-state index contributed by atoms with van der Waals surface area (Å²) in [5, 5.41) is 3.10. The normalized spacial score (nSPS) is 29.9. The minimum atomic E-state index is 0.0705. The van der Waals surface area contributed by atoms with Crippen LogP contribution in [0.25, 0.3) is 0 Å². The molecule has 0 spiro atoms. The van der Waals surface area contributed by atoms with Crippen molar-refractivity contribution in [1.29, 1.82) is 0 Å². The summed E-state index contributed by atoms with van der Waals surface area (Å²) in [6, 6.07) is 10.2. The topological polar surface area (TPSA) is 32.3 Å². The van der Waals surface area contributed by atoms with Gasteiger partial charge in [-0.15, -0.1) is 0 Å². The SMILES string of the molecule is C[C@@H](C(=O)NCc1ccccc1)[N+]12CCN(CC1)CC2. The first-order valence-corrected chi connectivity index (χ1v) is 7.59. The summed E-state index contributed by atoms with van der Waals surface area (Å²) in [7, 11) is 0. The van der Waals surface area contributed by atoms with Gasteiger partial charge in [0.25, 0.3) is 5.91 Å². The van der Waals surface area contributed by atoms with Gasteiger partial charge in [-0.3, -0.25) is 9.69 Å². The van der Waals surface area contributed by atoms with Gasteiger partial charge in [0.2, 0.25) is 0 Å². The summed E-state index contributed by atoms with van der Waals surface area (Å²) >= 11 is 0. The second kappa shape index (κ2) is 5.54. The van der Waals surface area contributed by atoms with Gasteiger partial charge in [-0.2, -0.15) is 0 Å². The van der Waals surface area contributed by atoms with Crippen LogP contribution in [0, 0.1) is 0 Å². The van der Waals surface area contributed by atoms with Crippen LogP contribution < -0.4 is 5.32 Å². The first-order valence-electron chi connectivity index (χ1n) is 7.59. The maximum absolute atomic E-state index is 12.5. The van der Waals surface area contributed by atoms with Crippen LogP contribution in [0.3, 0.4) is 0 Å². The molecule has 3 aliphatic heterocycles. The molecule has 1 atom stereocenters. The summed E-state index contributed by atoms with van der Waals surface area (Å²) in [5.74, 6) is 0.198. The van der Waals surface area contributed by atoms with Gasteiger partial charge < -0.3 is 9.80 Å². The maximum atomic E-state index is 12.5. The molecule has 1 aromatic rings. The van der Waals surface area contributed by atoms with E-state index in [1.54, 1.807) is 0 Å². The van der Waals surface area contributed by atoms with Gasteiger partial charge in [-0.1, -0.05) is 30.3 Å². The Kier molecular flexibility index (Phi) is 3.76. The lowest BCUT2D eigenvalue weighted by Gasteiger charge is -2.52. The molecule has 20 heavy (non-hydrogen) atoms. The number of hydrogen-bond donors (Lipinski definition) is 1. The van der Waals surface area contributed by atoms with Gasteiger partial charge in [0, 0.05) is 26.2 Å². The van der Waals surface area contributed by atoms with Crippen LogP contribution in [0.15, 0.2) is 30.3 Å². The Bertz CT molecular complexity index is 452. The molecule has 1 N–H and O–H groups in total. The lowest BCUT2D eigenvalue weighted by atomic mass is 10.1. The molecule has 4 rings (SSSR count). The van der Waals surface area contributed by atoms with E-state index in [4.69, 9.17) is 0 Å². The molecule has 0 saturated carbocycles. The molecule has 1 amide bonds. The number of nitrogens with zero attached hydrogens (tertiary/aromatic N) is 2. The highest BCUT2D eigenvalue weighted by molar-refractivity contribution is 5.80. The number of fused-ring (bicyclic) bond motifs is 3. The summed E-state index contributed by atoms with van der Waals surface area (Å²) in [6.45, 7) is 9.56. The number of carbonyl (C=O) groups is 1. The summed E-state index contributed by atoms with van der Waals surface area (Å²) in [6.07, 6.45) is 0. The number of benzene rings is 1. The number of piperazine rings is 3. The molecule has 108 valence electrons. The Balaban J connectivity index is 1.59. The third kappa shape index (κ3) is 2.58. The van der Waals surface area contributed by atoms with E-state index in [-0.39, 0.29) is 11.9 Å². The summed E-state index contributed by atoms with van der Waals surface area (Å²) in [4.78, 5) is 15.0. The zero-order valence-electron chi connectivity index (χ0n) is 12.2. The highest BCUT2D eigenvalue weighted by atomic mass is 16.2. The smallest absolute Gasteiger partial charge is 0.278 e. The molecule has 0 aromatic heterocycles. The van der Waals surface area contributed by atoms with Crippen molar-refractivity contribution in [2.24, 2.45) is 0 Å². The van der Waals surface area contributed by atoms with Crippen molar-refractivity contribution < 1.29 is 9.28 Å². The van der Waals surface area contributed by atoms with Crippen molar-refractivity contribution in [3.05, 3.63) is 35.9 Å². The van der Waals surface area contributed by atoms with Crippen LogP contribution >= 0.6 is 0 Å². The van der Waals surface area contributed by atoms with E-state index in [0.29, 0.717) is 6.54 Å². The van der Waals surface area contributed by atoms with Gasteiger partial charge in [-0.25, -0.2) is 0 Å². The van der Waals surface area contributed by atoms with Gasteiger partial charge in [0.15, 0.2) is 6.04 Å². The lowest BCUT2D eigenvalue weighted by Crippen LogP contribution is -2.72. The quantitative estimate of drug-likeness (QED) is 0.825. The lowest BCUT2D eigenvalue weighted by molar-refractivity contribution is -0.953. The Morgan fingerprint density at radius 1 is 1.20 bits per heavy atom. The zero-order valence-corrected chi connectivity index (χ0v) is 12.2. The zero-order chi connectivity index (χ0) is 14.0. The Morgan fingerprint density at radius 3 is 2.40 bits per heavy atom. The molecule has 3 saturated heterocycles. The predicted octanol–water partition coefficient (Wildman–Crippen LogP) is 0.837. The standard InChI is InChI=1S/C16H23N3O/c1-14(19-10-7-18(8-11-19)9-12-19)16(20)17-13-15-5-3-2-4-6-15/h2-6,14H,7-13H2,1H3/p+1/t14-/m0/s1. The second-order valence-electron chi connectivity index (χ2n) is 6.11. The maximum Gasteiger partial charge on any atom is 0.278 e. The average Bonchev–Trinajstić information content (AvgIpc) is 2.54. The highest BCUT2D eigenvalue weighted by Gasteiger charge is 2.44. The number of quaternary nitrogens is 1. The van der Waals surface area contributed by atoms with Crippen LogP contribution in [0.4, 0.5) is 0 Å². The molecule has 3 aliphatic rings. The number of nitrogens with one attached hydrogen (secondary N) is 1. The number of hydrogen-bond acceptors (Lipinski definition) is 2. The minimum absolute atomic E-state index is 0.0705. The van der Waals surface area contributed by atoms with Crippen molar-refractivity contribution in [3.63, 3.8) is 0 Å².